The molecule has 1 unspecified atom stereocenters. The number of carbonyl (C=O) groups is 1. The molecule has 1 amide bonds. The molecule has 1 aromatic heterocycles. The van der Waals surface area contributed by atoms with Gasteiger partial charge in [-0.1, -0.05) is 41.7 Å². The van der Waals surface area contributed by atoms with Crippen molar-refractivity contribution in [3.8, 4) is 6.07 Å². The molecule has 0 radical (unpaired) electrons. The highest BCUT2D eigenvalue weighted by molar-refractivity contribution is 7.03. The summed E-state index contributed by atoms with van der Waals surface area (Å²) in [6, 6.07) is 11.5. The molecule has 1 heterocycles. The number of carbonyl (C=O) groups excluding carboxylic acids is 1. The lowest BCUT2D eigenvalue weighted by atomic mass is 10.0. The summed E-state index contributed by atoms with van der Waals surface area (Å²) in [5, 5.41) is 17.5. The molecule has 1 aromatic carbocycles. The van der Waals surface area contributed by atoms with E-state index >= 15 is 0 Å². The molecule has 1 N–H and O–H groups in total. The van der Waals surface area contributed by atoms with Crippen molar-refractivity contribution < 1.29 is 4.79 Å². The maximum absolute atomic E-state index is 12.2. The van der Waals surface area contributed by atoms with E-state index in [1.165, 1.54) is 17.6 Å². The Balaban J connectivity index is 2.14. The van der Waals surface area contributed by atoms with Crippen LogP contribution in [0.5, 0.6) is 0 Å². The van der Waals surface area contributed by atoms with E-state index in [0.29, 0.717) is 5.69 Å². The zero-order chi connectivity index (χ0) is 15.1. The van der Waals surface area contributed by atoms with Gasteiger partial charge in [-0.05, 0) is 29.6 Å². The number of amides is 1. The third kappa shape index (κ3) is 3.97. The second-order valence-corrected chi connectivity index (χ2v) is 4.95. The summed E-state index contributed by atoms with van der Waals surface area (Å²) in [5.74, 6) is -0.402. The van der Waals surface area contributed by atoms with Crippen LogP contribution in [-0.4, -0.2) is 15.5 Å². The highest BCUT2D eigenvalue weighted by Crippen LogP contribution is 2.17. The van der Waals surface area contributed by atoms with Gasteiger partial charge in [0, 0.05) is 5.38 Å². The fraction of sp³-hybridized carbons (Fsp3) is 0.200. The summed E-state index contributed by atoms with van der Waals surface area (Å²) in [4.78, 5) is 12.2. The van der Waals surface area contributed by atoms with Crippen LogP contribution in [0.4, 0.5) is 0 Å². The van der Waals surface area contributed by atoms with Crippen LogP contribution in [0.25, 0.3) is 6.08 Å². The van der Waals surface area contributed by atoms with Crippen LogP contribution >= 0.6 is 11.5 Å². The van der Waals surface area contributed by atoms with E-state index in [-0.39, 0.29) is 11.6 Å². The summed E-state index contributed by atoms with van der Waals surface area (Å²) >= 11 is 1.17. The lowest BCUT2D eigenvalue weighted by Gasteiger charge is -2.17. The maximum Gasteiger partial charge on any atom is 0.262 e. The maximum atomic E-state index is 12.2. The summed E-state index contributed by atoms with van der Waals surface area (Å²) < 4.78 is 3.70. The SMILES string of the molecule is CCC(NC(=O)/C(C#N)=C/c1csnn1)c1ccccc1. The van der Waals surface area contributed by atoms with Crippen LogP contribution in [0, 0.1) is 11.3 Å². The van der Waals surface area contributed by atoms with E-state index in [1.807, 2.05) is 43.3 Å². The Bertz CT molecular complexity index is 659. The first-order valence-electron chi connectivity index (χ1n) is 6.49. The molecule has 106 valence electrons. The van der Waals surface area contributed by atoms with Gasteiger partial charge in [-0.3, -0.25) is 4.79 Å². The Morgan fingerprint density at radius 3 is 2.81 bits per heavy atom. The number of aromatic nitrogens is 2. The first kappa shape index (κ1) is 14.9. The van der Waals surface area contributed by atoms with E-state index in [1.54, 1.807) is 5.38 Å². The molecule has 0 saturated heterocycles. The van der Waals surface area contributed by atoms with Crippen molar-refractivity contribution in [3.05, 3.63) is 52.5 Å². The Hall–Kier alpha value is -2.52. The molecule has 21 heavy (non-hydrogen) atoms. The topological polar surface area (TPSA) is 78.7 Å². The molecule has 5 nitrogen and oxygen atoms in total. The molecule has 1 atom stereocenters. The van der Waals surface area contributed by atoms with Crippen molar-refractivity contribution >= 4 is 23.5 Å². The minimum Gasteiger partial charge on any atom is -0.345 e. The van der Waals surface area contributed by atoms with Gasteiger partial charge in [0.25, 0.3) is 5.91 Å². The number of nitrogens with zero attached hydrogens (tertiary/aromatic N) is 3. The van der Waals surface area contributed by atoms with Crippen LogP contribution in [0.1, 0.15) is 30.6 Å². The number of rotatable bonds is 5. The van der Waals surface area contributed by atoms with Crippen molar-refractivity contribution in [3.63, 3.8) is 0 Å². The second-order valence-electron chi connectivity index (χ2n) is 4.34. The highest BCUT2D eigenvalue weighted by Gasteiger charge is 2.16. The van der Waals surface area contributed by atoms with Crippen molar-refractivity contribution in [2.45, 2.75) is 19.4 Å². The Kier molecular flexibility index (Phi) is 5.18. The lowest BCUT2D eigenvalue weighted by Crippen LogP contribution is -2.29. The number of nitriles is 1. The number of nitrogens with one attached hydrogen (secondary N) is 1. The largest absolute Gasteiger partial charge is 0.345 e. The van der Waals surface area contributed by atoms with Crippen LogP contribution < -0.4 is 5.32 Å². The third-order valence-corrected chi connectivity index (χ3v) is 3.47. The zero-order valence-corrected chi connectivity index (χ0v) is 12.3. The van der Waals surface area contributed by atoms with Crippen LogP contribution in [0.2, 0.25) is 0 Å². The minimum absolute atomic E-state index is 0.0251. The summed E-state index contributed by atoms with van der Waals surface area (Å²) in [6.07, 6.45) is 2.18. The molecule has 0 bridgehead atoms. The predicted octanol–water partition coefficient (Wildman–Crippen LogP) is 2.71. The third-order valence-electron chi connectivity index (χ3n) is 2.95. The van der Waals surface area contributed by atoms with Gasteiger partial charge < -0.3 is 5.32 Å². The zero-order valence-electron chi connectivity index (χ0n) is 11.5. The predicted molar refractivity (Wildman–Crippen MR) is 81.1 cm³/mol. The molecular formula is C15H14N4OS. The molecule has 0 saturated carbocycles. The molecule has 0 aliphatic heterocycles. The summed E-state index contributed by atoms with van der Waals surface area (Å²) in [6.45, 7) is 1.98. The molecule has 0 aliphatic carbocycles. The fourth-order valence-electron chi connectivity index (χ4n) is 1.87. The lowest BCUT2D eigenvalue weighted by molar-refractivity contribution is -0.117. The van der Waals surface area contributed by atoms with E-state index in [9.17, 15) is 4.79 Å². The van der Waals surface area contributed by atoms with Crippen LogP contribution in [0.3, 0.4) is 0 Å². The molecule has 6 heteroatoms. The number of hydrogen-bond donors (Lipinski definition) is 1. The molecule has 2 aromatic rings. The van der Waals surface area contributed by atoms with E-state index in [2.05, 4.69) is 14.9 Å². The Labute approximate surface area is 127 Å². The molecule has 0 spiro atoms. The summed E-state index contributed by atoms with van der Waals surface area (Å²) in [5.41, 5.74) is 1.55. The van der Waals surface area contributed by atoms with Crippen molar-refractivity contribution in [1.82, 2.24) is 14.9 Å². The van der Waals surface area contributed by atoms with Gasteiger partial charge in [0.15, 0.2) is 0 Å². The monoisotopic (exact) mass is 298 g/mol. The van der Waals surface area contributed by atoms with E-state index < -0.39 is 5.91 Å². The average molecular weight is 298 g/mol. The van der Waals surface area contributed by atoms with Crippen molar-refractivity contribution in [2.24, 2.45) is 0 Å². The first-order valence-corrected chi connectivity index (χ1v) is 7.33. The molecule has 0 aliphatic rings. The molecule has 2 rings (SSSR count). The summed E-state index contributed by atoms with van der Waals surface area (Å²) in [7, 11) is 0. The van der Waals surface area contributed by atoms with Gasteiger partial charge in [-0.2, -0.15) is 5.26 Å². The minimum atomic E-state index is -0.402. The van der Waals surface area contributed by atoms with E-state index in [4.69, 9.17) is 5.26 Å². The Morgan fingerprint density at radius 1 is 1.48 bits per heavy atom. The van der Waals surface area contributed by atoms with Gasteiger partial charge in [0.1, 0.15) is 11.6 Å². The van der Waals surface area contributed by atoms with Gasteiger partial charge in [-0.25, -0.2) is 0 Å². The molecular weight excluding hydrogens is 284 g/mol. The molecule has 0 fully saturated rings. The standard InChI is InChI=1S/C15H14N4OS/c1-2-14(11-6-4-3-5-7-11)17-15(20)12(9-16)8-13-10-21-19-18-13/h3-8,10,14H,2H2,1H3,(H,17,20)/b12-8+. The van der Waals surface area contributed by atoms with Gasteiger partial charge in [-0.15, -0.1) is 5.10 Å². The quantitative estimate of drug-likeness (QED) is 0.680. The van der Waals surface area contributed by atoms with Gasteiger partial charge in [0.2, 0.25) is 0 Å². The average Bonchev–Trinajstić information content (AvgIpc) is 3.04. The van der Waals surface area contributed by atoms with Crippen LogP contribution in [-0.2, 0) is 4.79 Å². The first-order chi connectivity index (χ1) is 10.2. The van der Waals surface area contributed by atoms with E-state index in [0.717, 1.165) is 12.0 Å². The number of hydrogen-bond acceptors (Lipinski definition) is 5. The Morgan fingerprint density at radius 2 is 2.24 bits per heavy atom. The van der Waals surface area contributed by atoms with Crippen molar-refractivity contribution in [2.75, 3.05) is 0 Å². The number of benzene rings is 1. The normalized spacial score (nSPS) is 12.5. The van der Waals surface area contributed by atoms with Gasteiger partial charge in [0.05, 0.1) is 11.7 Å². The van der Waals surface area contributed by atoms with Gasteiger partial charge >= 0.3 is 0 Å². The fourth-order valence-corrected chi connectivity index (χ4v) is 2.29. The van der Waals surface area contributed by atoms with Crippen molar-refractivity contribution in [1.29, 1.82) is 5.26 Å². The smallest absolute Gasteiger partial charge is 0.262 e. The second kappa shape index (κ2) is 7.31. The van der Waals surface area contributed by atoms with Crippen LogP contribution in [0.15, 0.2) is 41.3 Å². The highest BCUT2D eigenvalue weighted by atomic mass is 32.1.